The highest BCUT2D eigenvalue weighted by Crippen LogP contribution is 2.25. The third-order valence-corrected chi connectivity index (χ3v) is 3.37. The number of carbonyl (C=O) groups is 1. The fraction of sp³-hybridized carbons (Fsp3) is 0.176. The molecule has 0 atom stereocenters. The molecule has 0 spiro atoms. The van der Waals surface area contributed by atoms with Crippen molar-refractivity contribution in [3.63, 3.8) is 0 Å². The van der Waals surface area contributed by atoms with Gasteiger partial charge in [-0.1, -0.05) is 23.7 Å². The molecule has 24 heavy (non-hydrogen) atoms. The Bertz CT molecular complexity index is 869. The van der Waals surface area contributed by atoms with Crippen LogP contribution in [0, 0.1) is 10.1 Å². The molecule has 2 rings (SSSR count). The van der Waals surface area contributed by atoms with E-state index in [0.717, 1.165) is 0 Å². The summed E-state index contributed by atoms with van der Waals surface area (Å²) in [6.07, 6.45) is 4.47. The Morgan fingerprint density at radius 1 is 1.33 bits per heavy atom. The van der Waals surface area contributed by atoms with Gasteiger partial charge < -0.3 is 0 Å². The number of hydrogen-bond acceptors (Lipinski definition) is 4. The molecule has 0 N–H and O–H groups in total. The molecule has 2 aromatic rings. The monoisotopic (exact) mass is 345 g/mol. The summed E-state index contributed by atoms with van der Waals surface area (Å²) in [7, 11) is 0. The average molecular weight is 346 g/mol. The zero-order chi connectivity index (χ0) is 17.7. The highest BCUT2D eigenvalue weighted by molar-refractivity contribution is 6.32. The highest BCUT2D eigenvalue weighted by atomic mass is 35.5. The van der Waals surface area contributed by atoms with E-state index in [-0.39, 0.29) is 22.7 Å². The minimum absolute atomic E-state index is 0.0503. The van der Waals surface area contributed by atoms with Crippen LogP contribution in [0.1, 0.15) is 24.2 Å². The van der Waals surface area contributed by atoms with Gasteiger partial charge >= 0.3 is 0 Å². The molecule has 1 aromatic heterocycles. The van der Waals surface area contributed by atoms with Gasteiger partial charge in [-0.3, -0.25) is 24.5 Å². The first-order valence-corrected chi connectivity index (χ1v) is 7.64. The summed E-state index contributed by atoms with van der Waals surface area (Å²) >= 11 is 5.77. The van der Waals surface area contributed by atoms with Crippen molar-refractivity contribution >= 4 is 29.3 Å². The summed E-state index contributed by atoms with van der Waals surface area (Å²) in [5.74, 6) is -0.299. The van der Waals surface area contributed by atoms with Crippen molar-refractivity contribution in [2.45, 2.75) is 19.9 Å². The van der Waals surface area contributed by atoms with Crippen LogP contribution in [0.15, 0.2) is 53.7 Å². The molecule has 0 aliphatic rings. The van der Waals surface area contributed by atoms with Crippen molar-refractivity contribution < 1.29 is 9.72 Å². The number of halogens is 1. The van der Waals surface area contributed by atoms with Gasteiger partial charge in [-0.25, -0.2) is 0 Å². The molecule has 0 saturated heterocycles. The molecule has 0 aliphatic carbocycles. The van der Waals surface area contributed by atoms with Crippen molar-refractivity contribution in [3.8, 4) is 0 Å². The van der Waals surface area contributed by atoms with Gasteiger partial charge in [0.25, 0.3) is 11.6 Å². The Labute approximate surface area is 143 Å². The SMILES string of the molecule is CC(C)N=c1ccccn1C(=O)C=Cc1ccc(Cl)c([N+](=O)[O-])c1. The Kier molecular flexibility index (Phi) is 5.65. The van der Waals surface area contributed by atoms with Gasteiger partial charge in [0.2, 0.25) is 0 Å². The van der Waals surface area contributed by atoms with E-state index in [0.29, 0.717) is 11.1 Å². The molecule has 6 nitrogen and oxygen atoms in total. The maximum atomic E-state index is 12.4. The van der Waals surface area contributed by atoms with Crippen molar-refractivity contribution in [3.05, 3.63) is 74.9 Å². The number of rotatable bonds is 4. The predicted molar refractivity (Wildman–Crippen MR) is 92.9 cm³/mol. The van der Waals surface area contributed by atoms with Crippen molar-refractivity contribution in [2.75, 3.05) is 0 Å². The fourth-order valence-electron chi connectivity index (χ4n) is 2.01. The summed E-state index contributed by atoms with van der Waals surface area (Å²) in [5, 5.41) is 10.9. The van der Waals surface area contributed by atoms with Crippen LogP contribution in [0.3, 0.4) is 0 Å². The molecule has 0 saturated carbocycles. The lowest BCUT2D eigenvalue weighted by Gasteiger charge is -2.04. The molecule has 0 bridgehead atoms. The minimum Gasteiger partial charge on any atom is -0.269 e. The normalized spacial score (nSPS) is 12.1. The first-order chi connectivity index (χ1) is 11.4. The van der Waals surface area contributed by atoms with Crippen LogP contribution in [0.5, 0.6) is 0 Å². The van der Waals surface area contributed by atoms with E-state index in [9.17, 15) is 14.9 Å². The standard InChI is InChI=1S/C17H16ClN3O3/c1-12(2)19-16-5-3-4-10-20(16)17(22)9-7-13-6-8-14(18)15(11-13)21(23)24/h3-12H,1-2H3. The van der Waals surface area contributed by atoms with Gasteiger partial charge in [0.05, 0.1) is 4.92 Å². The molecule has 0 fully saturated rings. The lowest BCUT2D eigenvalue weighted by atomic mass is 10.2. The minimum atomic E-state index is -0.562. The summed E-state index contributed by atoms with van der Waals surface area (Å²) < 4.78 is 1.42. The molecule has 1 heterocycles. The van der Waals surface area contributed by atoms with Crippen LogP contribution >= 0.6 is 11.6 Å². The molecule has 124 valence electrons. The maximum Gasteiger partial charge on any atom is 0.288 e. The zero-order valence-corrected chi connectivity index (χ0v) is 14.0. The van der Waals surface area contributed by atoms with Crippen LogP contribution in [-0.4, -0.2) is 21.4 Å². The second-order valence-electron chi connectivity index (χ2n) is 5.29. The number of hydrogen-bond donors (Lipinski definition) is 0. The first-order valence-electron chi connectivity index (χ1n) is 7.26. The molecule has 0 unspecified atom stereocenters. The predicted octanol–water partition coefficient (Wildman–Crippen LogP) is 3.71. The molecule has 7 heteroatoms. The van der Waals surface area contributed by atoms with Crippen LogP contribution in [0.25, 0.3) is 6.08 Å². The Morgan fingerprint density at radius 2 is 2.08 bits per heavy atom. The van der Waals surface area contributed by atoms with Gasteiger partial charge in [-0.2, -0.15) is 0 Å². The van der Waals surface area contributed by atoms with E-state index < -0.39 is 4.92 Å². The third-order valence-electron chi connectivity index (χ3n) is 3.05. The first kappa shape index (κ1) is 17.6. The highest BCUT2D eigenvalue weighted by Gasteiger charge is 2.11. The molecule has 0 radical (unpaired) electrons. The summed E-state index contributed by atoms with van der Waals surface area (Å²) in [4.78, 5) is 27.1. The number of aromatic nitrogens is 1. The summed E-state index contributed by atoms with van der Waals surface area (Å²) in [5.41, 5.74) is 0.858. The van der Waals surface area contributed by atoms with E-state index in [2.05, 4.69) is 4.99 Å². The van der Waals surface area contributed by atoms with E-state index in [1.54, 1.807) is 30.5 Å². The lowest BCUT2D eigenvalue weighted by Crippen LogP contribution is -2.26. The maximum absolute atomic E-state index is 12.4. The van der Waals surface area contributed by atoms with Crippen LogP contribution in [0.4, 0.5) is 5.69 Å². The molecule has 0 aliphatic heterocycles. The van der Waals surface area contributed by atoms with E-state index >= 15 is 0 Å². The molecule has 0 amide bonds. The largest absolute Gasteiger partial charge is 0.288 e. The Morgan fingerprint density at radius 3 is 2.75 bits per heavy atom. The Balaban J connectivity index is 2.33. The fourth-order valence-corrected chi connectivity index (χ4v) is 2.20. The molecular weight excluding hydrogens is 330 g/mol. The number of carbonyl (C=O) groups excluding carboxylic acids is 1. The number of allylic oxidation sites excluding steroid dienone is 1. The van der Waals surface area contributed by atoms with E-state index in [4.69, 9.17) is 11.6 Å². The van der Waals surface area contributed by atoms with Crippen molar-refractivity contribution in [2.24, 2.45) is 4.99 Å². The number of nitrogens with zero attached hydrogens (tertiary/aromatic N) is 3. The van der Waals surface area contributed by atoms with Gasteiger partial charge in [0.15, 0.2) is 0 Å². The van der Waals surface area contributed by atoms with Gasteiger partial charge in [0, 0.05) is 24.4 Å². The average Bonchev–Trinajstić information content (AvgIpc) is 2.53. The van der Waals surface area contributed by atoms with Gasteiger partial charge in [-0.05, 0) is 43.7 Å². The topological polar surface area (TPSA) is 77.5 Å². The molecule has 1 aromatic carbocycles. The van der Waals surface area contributed by atoms with Crippen molar-refractivity contribution in [1.29, 1.82) is 0 Å². The number of nitro benzene ring substituents is 1. The smallest absolute Gasteiger partial charge is 0.269 e. The van der Waals surface area contributed by atoms with E-state index in [1.165, 1.54) is 28.9 Å². The second kappa shape index (κ2) is 7.70. The molecular formula is C17H16ClN3O3. The van der Waals surface area contributed by atoms with Crippen LogP contribution in [-0.2, 0) is 0 Å². The number of pyridine rings is 1. The Hall–Kier alpha value is -2.73. The van der Waals surface area contributed by atoms with Crippen LogP contribution < -0.4 is 5.49 Å². The second-order valence-corrected chi connectivity index (χ2v) is 5.70. The van der Waals surface area contributed by atoms with Gasteiger partial charge in [0.1, 0.15) is 10.5 Å². The zero-order valence-electron chi connectivity index (χ0n) is 13.2. The van der Waals surface area contributed by atoms with Crippen LogP contribution in [0.2, 0.25) is 5.02 Å². The quantitative estimate of drug-likeness (QED) is 0.481. The van der Waals surface area contributed by atoms with E-state index in [1.807, 2.05) is 13.8 Å². The summed E-state index contributed by atoms with van der Waals surface area (Å²) in [6, 6.07) is 9.69. The van der Waals surface area contributed by atoms with Gasteiger partial charge in [-0.15, -0.1) is 0 Å². The summed E-state index contributed by atoms with van der Waals surface area (Å²) in [6.45, 7) is 3.84. The number of nitro groups is 1. The third kappa shape index (κ3) is 4.39. The lowest BCUT2D eigenvalue weighted by molar-refractivity contribution is -0.384. The number of benzene rings is 1. The van der Waals surface area contributed by atoms with Crippen molar-refractivity contribution in [1.82, 2.24) is 4.57 Å².